The van der Waals surface area contributed by atoms with Gasteiger partial charge in [-0.05, 0) is 28.9 Å². The van der Waals surface area contributed by atoms with Crippen molar-refractivity contribution >= 4 is 27.3 Å². The van der Waals surface area contributed by atoms with E-state index in [9.17, 15) is 19.6 Å². The fraction of sp³-hybridized carbons (Fsp3) is 0.500. The second kappa shape index (κ2) is 5.63. The smallest absolute Gasteiger partial charge is 0.295 e. The van der Waals surface area contributed by atoms with Crippen molar-refractivity contribution in [1.82, 2.24) is 0 Å². The monoisotopic (exact) mass is 348 g/mol. The van der Waals surface area contributed by atoms with Crippen molar-refractivity contribution in [2.24, 2.45) is 0 Å². The molecule has 1 saturated heterocycles. The number of rotatable bonds is 4. The average Bonchev–Trinajstić information content (AvgIpc) is 2.71. The molecule has 8 heteroatoms. The molecule has 1 fully saturated rings. The molecule has 0 saturated carbocycles. The number of nitro groups is 1. The molecule has 0 aromatic heterocycles. The van der Waals surface area contributed by atoms with Crippen molar-refractivity contribution in [3.05, 3.63) is 32.5 Å². The molecule has 0 spiro atoms. The predicted octanol–water partition coefficient (Wildman–Crippen LogP) is 2.45. The molecule has 110 valence electrons. The Morgan fingerprint density at radius 2 is 2.40 bits per heavy atom. The van der Waals surface area contributed by atoms with Crippen molar-refractivity contribution in [2.45, 2.75) is 25.0 Å². The van der Waals surface area contributed by atoms with E-state index in [2.05, 4.69) is 21.2 Å². The third kappa shape index (κ3) is 2.92. The van der Waals surface area contributed by atoms with Gasteiger partial charge >= 0.3 is 0 Å². The maximum absolute atomic E-state index is 13.3. The quantitative estimate of drug-likeness (QED) is 0.644. The molecule has 1 aliphatic rings. The van der Waals surface area contributed by atoms with E-state index in [1.807, 2.05) is 0 Å². The lowest BCUT2D eigenvalue weighted by Crippen LogP contribution is -2.43. The highest BCUT2D eigenvalue weighted by Crippen LogP contribution is 2.32. The Hall–Kier alpha value is -1.25. The highest BCUT2D eigenvalue weighted by molar-refractivity contribution is 9.10. The fourth-order valence-corrected chi connectivity index (χ4v) is 2.42. The minimum absolute atomic E-state index is 0.0904. The van der Waals surface area contributed by atoms with Crippen LogP contribution in [-0.4, -0.2) is 34.9 Å². The molecule has 0 amide bonds. The highest BCUT2D eigenvalue weighted by atomic mass is 79.9. The van der Waals surface area contributed by atoms with Gasteiger partial charge in [-0.25, -0.2) is 4.39 Å². The number of hydrogen-bond donors (Lipinski definition) is 2. The van der Waals surface area contributed by atoms with Gasteiger partial charge in [0, 0.05) is 19.6 Å². The van der Waals surface area contributed by atoms with Gasteiger partial charge in [0.1, 0.15) is 17.1 Å². The first-order valence-electron chi connectivity index (χ1n) is 6.05. The number of aliphatic hydroxyl groups is 1. The van der Waals surface area contributed by atoms with Crippen LogP contribution in [0, 0.1) is 15.9 Å². The summed E-state index contributed by atoms with van der Waals surface area (Å²) in [6.07, 6.45) is 0.0788. The third-order valence-electron chi connectivity index (χ3n) is 3.48. The summed E-state index contributed by atoms with van der Waals surface area (Å²) in [6, 6.07) is 2.13. The molecule has 2 atom stereocenters. The van der Waals surface area contributed by atoms with Gasteiger partial charge in [-0.2, -0.15) is 0 Å². The topological polar surface area (TPSA) is 84.6 Å². The van der Waals surface area contributed by atoms with Crippen molar-refractivity contribution < 1.29 is 19.2 Å². The zero-order chi connectivity index (χ0) is 14.9. The van der Waals surface area contributed by atoms with E-state index in [0.29, 0.717) is 13.0 Å². The van der Waals surface area contributed by atoms with E-state index >= 15 is 0 Å². The summed E-state index contributed by atoms with van der Waals surface area (Å²) >= 11 is 2.98. The van der Waals surface area contributed by atoms with E-state index in [4.69, 9.17) is 4.74 Å². The number of nitro benzene ring substituents is 1. The summed E-state index contributed by atoms with van der Waals surface area (Å²) in [5, 5.41) is 24.1. The lowest BCUT2D eigenvalue weighted by molar-refractivity contribution is -0.384. The van der Waals surface area contributed by atoms with E-state index in [1.165, 1.54) is 6.07 Å². The van der Waals surface area contributed by atoms with Crippen molar-refractivity contribution in [1.29, 1.82) is 0 Å². The van der Waals surface area contributed by atoms with Gasteiger partial charge in [0.2, 0.25) is 0 Å². The summed E-state index contributed by atoms with van der Waals surface area (Å²) in [5.74, 6) is -0.710. The molecule has 0 aliphatic carbocycles. The summed E-state index contributed by atoms with van der Waals surface area (Å²) in [7, 11) is 0. The summed E-state index contributed by atoms with van der Waals surface area (Å²) in [6.45, 7) is 2.27. The Kier molecular flexibility index (Phi) is 4.26. The lowest BCUT2D eigenvalue weighted by atomic mass is 9.96. The molecule has 2 rings (SSSR count). The van der Waals surface area contributed by atoms with Gasteiger partial charge < -0.3 is 15.2 Å². The Labute approximate surface area is 123 Å². The largest absolute Gasteiger partial charge is 0.385 e. The Morgan fingerprint density at radius 1 is 1.70 bits per heavy atom. The van der Waals surface area contributed by atoms with Crippen molar-refractivity contribution in [2.75, 3.05) is 18.5 Å². The van der Waals surface area contributed by atoms with Gasteiger partial charge in [-0.15, -0.1) is 0 Å². The molecule has 0 bridgehead atoms. The van der Waals surface area contributed by atoms with Gasteiger partial charge in [-0.1, -0.05) is 0 Å². The molecule has 1 aromatic carbocycles. The van der Waals surface area contributed by atoms with Crippen LogP contribution in [-0.2, 0) is 4.74 Å². The zero-order valence-corrected chi connectivity index (χ0v) is 12.3. The van der Waals surface area contributed by atoms with Crippen LogP contribution in [0.4, 0.5) is 15.8 Å². The zero-order valence-electron chi connectivity index (χ0n) is 10.7. The number of anilines is 1. The van der Waals surface area contributed by atoms with Crippen LogP contribution in [0.15, 0.2) is 16.6 Å². The van der Waals surface area contributed by atoms with Crippen LogP contribution in [0.2, 0.25) is 0 Å². The molecular formula is C12H14BrFN2O4. The fourth-order valence-electron chi connectivity index (χ4n) is 2.08. The van der Waals surface area contributed by atoms with E-state index < -0.39 is 16.3 Å². The van der Waals surface area contributed by atoms with Crippen LogP contribution in [0.25, 0.3) is 0 Å². The Balaban J connectivity index is 2.21. The lowest BCUT2D eigenvalue weighted by Gasteiger charge is -2.26. The minimum Gasteiger partial charge on any atom is -0.385 e. The summed E-state index contributed by atoms with van der Waals surface area (Å²) in [4.78, 5) is 10.3. The Morgan fingerprint density at radius 3 is 2.95 bits per heavy atom. The molecular weight excluding hydrogens is 335 g/mol. The van der Waals surface area contributed by atoms with E-state index in [0.717, 1.165) is 6.07 Å². The third-order valence-corrected chi connectivity index (χ3v) is 4.09. The number of nitrogens with one attached hydrogen (secondary N) is 1. The molecule has 2 unspecified atom stereocenters. The van der Waals surface area contributed by atoms with Crippen LogP contribution in [0.5, 0.6) is 0 Å². The summed E-state index contributed by atoms with van der Waals surface area (Å²) < 4.78 is 18.8. The molecule has 6 nitrogen and oxygen atoms in total. The van der Waals surface area contributed by atoms with Gasteiger partial charge in [0.25, 0.3) is 5.69 Å². The standard InChI is InChI=1S/C12H14BrFN2O4/c1-7-12(17,2-3-20-7)6-15-10-4-8(13)9(14)5-11(10)16(18)19/h4-5,7,15,17H,2-3,6H2,1H3. The minimum atomic E-state index is -1.09. The second-order valence-electron chi connectivity index (χ2n) is 4.76. The van der Waals surface area contributed by atoms with Crippen LogP contribution in [0.3, 0.4) is 0 Å². The Bertz CT molecular complexity index is 542. The van der Waals surface area contributed by atoms with Crippen molar-refractivity contribution in [3.63, 3.8) is 0 Å². The highest BCUT2D eigenvalue weighted by Gasteiger charge is 2.39. The molecule has 1 aliphatic heterocycles. The second-order valence-corrected chi connectivity index (χ2v) is 5.62. The number of nitrogens with zero attached hydrogens (tertiary/aromatic N) is 1. The molecule has 0 radical (unpaired) electrons. The predicted molar refractivity (Wildman–Crippen MR) is 74.2 cm³/mol. The first-order chi connectivity index (χ1) is 9.33. The first-order valence-corrected chi connectivity index (χ1v) is 6.84. The van der Waals surface area contributed by atoms with Gasteiger partial charge in [0.15, 0.2) is 0 Å². The van der Waals surface area contributed by atoms with Crippen molar-refractivity contribution in [3.8, 4) is 0 Å². The molecule has 1 heterocycles. The number of benzene rings is 1. The maximum Gasteiger partial charge on any atom is 0.295 e. The molecule has 20 heavy (non-hydrogen) atoms. The normalized spacial score (nSPS) is 25.7. The summed E-state index contributed by atoms with van der Waals surface area (Å²) in [5.41, 5.74) is -1.31. The maximum atomic E-state index is 13.3. The van der Waals surface area contributed by atoms with E-state index in [1.54, 1.807) is 6.92 Å². The average molecular weight is 349 g/mol. The number of hydrogen-bond acceptors (Lipinski definition) is 5. The van der Waals surface area contributed by atoms with Crippen LogP contribution >= 0.6 is 15.9 Å². The number of ether oxygens (including phenoxy) is 1. The van der Waals surface area contributed by atoms with Crippen LogP contribution < -0.4 is 5.32 Å². The van der Waals surface area contributed by atoms with Gasteiger partial charge in [-0.3, -0.25) is 10.1 Å². The SMILES string of the molecule is CC1OCCC1(O)CNc1cc(Br)c(F)cc1[N+](=O)[O-]. The van der Waals surface area contributed by atoms with Crippen LogP contribution in [0.1, 0.15) is 13.3 Å². The first kappa shape index (κ1) is 15.1. The van der Waals surface area contributed by atoms with Gasteiger partial charge in [0.05, 0.1) is 21.6 Å². The molecule has 1 aromatic rings. The molecule has 2 N–H and O–H groups in total. The number of halogens is 2. The van der Waals surface area contributed by atoms with E-state index in [-0.39, 0.29) is 28.5 Å².